The fraction of sp³-hybridized carbons (Fsp3) is 0.167. The number of hydrogen-bond donors (Lipinski definition) is 0. The summed E-state index contributed by atoms with van der Waals surface area (Å²) in [5.74, 6) is 0.778. The van der Waals surface area contributed by atoms with Crippen LogP contribution in [-0.4, -0.2) is 11.6 Å². The van der Waals surface area contributed by atoms with Gasteiger partial charge in [-0.25, -0.2) is 4.98 Å². The minimum absolute atomic E-state index is 0.434. The molecule has 0 fully saturated rings. The molecule has 0 saturated heterocycles. The summed E-state index contributed by atoms with van der Waals surface area (Å²) in [6.45, 7) is 0.671. The van der Waals surface area contributed by atoms with Crippen molar-refractivity contribution in [2.75, 3.05) is 6.61 Å². The van der Waals surface area contributed by atoms with Crippen LogP contribution in [0.4, 0.5) is 0 Å². The van der Waals surface area contributed by atoms with Crippen LogP contribution in [0.3, 0.4) is 0 Å². The van der Waals surface area contributed by atoms with Crippen molar-refractivity contribution in [1.82, 2.24) is 4.98 Å². The molecule has 3 nitrogen and oxygen atoms in total. The minimum Gasteiger partial charge on any atom is -0.491 e. The Bertz CT molecular complexity index is 583. The van der Waals surface area contributed by atoms with E-state index in [1.165, 1.54) is 5.56 Å². The quantitative estimate of drug-likeness (QED) is 0.696. The van der Waals surface area contributed by atoms with Gasteiger partial charge in [0, 0.05) is 6.42 Å². The first kappa shape index (κ1) is 9.37. The van der Waals surface area contributed by atoms with Crippen molar-refractivity contribution in [2.45, 2.75) is 6.42 Å². The molecule has 78 valence electrons. The Hall–Kier alpha value is -1.86. The van der Waals surface area contributed by atoms with E-state index < -0.39 is 0 Å². The molecule has 4 heteroatoms. The Labute approximate surface area is 96.9 Å². The van der Waals surface area contributed by atoms with Crippen LogP contribution in [0.1, 0.15) is 11.3 Å². The maximum atomic E-state index is 8.86. The molecule has 0 aliphatic carbocycles. The molecule has 0 atom stereocenters. The highest BCUT2D eigenvalue weighted by Crippen LogP contribution is 2.37. The molecule has 1 aliphatic rings. The Balaban J connectivity index is 2.26. The summed E-state index contributed by atoms with van der Waals surface area (Å²) in [6, 6.07) is 7.68. The van der Waals surface area contributed by atoms with E-state index in [1.54, 1.807) is 17.4 Å². The second-order valence-corrected chi connectivity index (χ2v) is 4.44. The van der Waals surface area contributed by atoms with Crippen molar-refractivity contribution in [3.8, 4) is 22.4 Å². The normalized spacial score (nSPS) is 12.9. The zero-order valence-electron chi connectivity index (χ0n) is 8.43. The van der Waals surface area contributed by atoms with Crippen LogP contribution < -0.4 is 4.74 Å². The predicted molar refractivity (Wildman–Crippen MR) is 61.5 cm³/mol. The molecule has 3 heterocycles. The standard InChI is InChI=1S/C12H8N2OS/c13-7-9-1-2-10-11(14-9)12-8(3-5-15-10)4-6-16-12/h1-2,4,6H,3,5H2. The molecule has 16 heavy (non-hydrogen) atoms. The molecule has 1 aliphatic heterocycles. The maximum Gasteiger partial charge on any atom is 0.146 e. The van der Waals surface area contributed by atoms with E-state index in [4.69, 9.17) is 10.00 Å². The van der Waals surface area contributed by atoms with Gasteiger partial charge in [-0.3, -0.25) is 0 Å². The number of pyridine rings is 1. The zero-order valence-corrected chi connectivity index (χ0v) is 9.25. The van der Waals surface area contributed by atoms with Crippen LogP contribution in [0.25, 0.3) is 10.6 Å². The van der Waals surface area contributed by atoms with E-state index >= 15 is 0 Å². The molecule has 0 radical (unpaired) electrons. The fourth-order valence-corrected chi connectivity index (χ4v) is 2.75. The number of ether oxygens (including phenoxy) is 1. The van der Waals surface area contributed by atoms with Crippen molar-refractivity contribution in [1.29, 1.82) is 5.26 Å². The first-order valence-corrected chi connectivity index (χ1v) is 5.87. The van der Waals surface area contributed by atoms with Gasteiger partial charge in [0.05, 0.1) is 11.5 Å². The SMILES string of the molecule is N#Cc1ccc2c(n1)-c1sccc1CCO2. The van der Waals surface area contributed by atoms with Gasteiger partial charge in [0.1, 0.15) is 23.2 Å². The van der Waals surface area contributed by atoms with Crippen LogP contribution in [0, 0.1) is 11.3 Å². The first-order valence-electron chi connectivity index (χ1n) is 4.99. The number of fused-ring (bicyclic) bond motifs is 3. The lowest BCUT2D eigenvalue weighted by Crippen LogP contribution is -1.98. The van der Waals surface area contributed by atoms with Crippen molar-refractivity contribution >= 4 is 11.3 Å². The molecule has 0 unspecified atom stereocenters. The van der Waals surface area contributed by atoms with Crippen molar-refractivity contribution < 1.29 is 4.74 Å². The van der Waals surface area contributed by atoms with Crippen LogP contribution >= 0.6 is 11.3 Å². The number of nitriles is 1. The van der Waals surface area contributed by atoms with Gasteiger partial charge in [0.25, 0.3) is 0 Å². The van der Waals surface area contributed by atoms with Gasteiger partial charge >= 0.3 is 0 Å². The monoisotopic (exact) mass is 228 g/mol. The Morgan fingerprint density at radius 3 is 3.19 bits per heavy atom. The van der Waals surface area contributed by atoms with Gasteiger partial charge in [-0.15, -0.1) is 11.3 Å². The lowest BCUT2D eigenvalue weighted by molar-refractivity contribution is 0.325. The largest absolute Gasteiger partial charge is 0.491 e. The molecule has 3 rings (SSSR count). The first-order chi connectivity index (χ1) is 7.88. The molecule has 2 aromatic rings. The molecule has 2 aromatic heterocycles. The predicted octanol–water partition coefficient (Wildman–Crippen LogP) is 2.62. The molecule has 0 aromatic carbocycles. The van der Waals surface area contributed by atoms with Gasteiger partial charge in [-0.2, -0.15) is 5.26 Å². The van der Waals surface area contributed by atoms with E-state index in [0.717, 1.165) is 22.7 Å². The van der Waals surface area contributed by atoms with Crippen LogP contribution in [0.5, 0.6) is 5.75 Å². The number of nitrogens with zero attached hydrogens (tertiary/aromatic N) is 2. The van der Waals surface area contributed by atoms with E-state index in [9.17, 15) is 0 Å². The molecular weight excluding hydrogens is 220 g/mol. The Morgan fingerprint density at radius 2 is 2.31 bits per heavy atom. The summed E-state index contributed by atoms with van der Waals surface area (Å²) in [6.07, 6.45) is 0.900. The van der Waals surface area contributed by atoms with Gasteiger partial charge in [0.2, 0.25) is 0 Å². The fourth-order valence-electron chi connectivity index (χ4n) is 1.80. The lowest BCUT2D eigenvalue weighted by Gasteiger charge is -2.05. The maximum absolute atomic E-state index is 8.86. The minimum atomic E-state index is 0.434. The van der Waals surface area contributed by atoms with E-state index in [-0.39, 0.29) is 0 Å². The van der Waals surface area contributed by atoms with E-state index in [1.807, 2.05) is 6.07 Å². The number of hydrogen-bond acceptors (Lipinski definition) is 4. The number of aromatic nitrogens is 1. The highest BCUT2D eigenvalue weighted by atomic mass is 32.1. The highest BCUT2D eigenvalue weighted by molar-refractivity contribution is 7.13. The van der Waals surface area contributed by atoms with Crippen molar-refractivity contribution in [2.24, 2.45) is 0 Å². The van der Waals surface area contributed by atoms with E-state index in [2.05, 4.69) is 22.5 Å². The van der Waals surface area contributed by atoms with Crippen LogP contribution in [-0.2, 0) is 6.42 Å². The second kappa shape index (κ2) is 3.62. The Kier molecular flexibility index (Phi) is 2.12. The van der Waals surface area contributed by atoms with Gasteiger partial charge in [-0.05, 0) is 29.1 Å². The van der Waals surface area contributed by atoms with Crippen molar-refractivity contribution in [3.05, 3.63) is 34.8 Å². The second-order valence-electron chi connectivity index (χ2n) is 3.53. The summed E-state index contributed by atoms with van der Waals surface area (Å²) in [4.78, 5) is 5.46. The number of rotatable bonds is 0. The molecule has 0 saturated carbocycles. The molecule has 0 N–H and O–H groups in total. The van der Waals surface area contributed by atoms with Crippen molar-refractivity contribution in [3.63, 3.8) is 0 Å². The highest BCUT2D eigenvalue weighted by Gasteiger charge is 2.18. The summed E-state index contributed by atoms with van der Waals surface area (Å²) in [5, 5.41) is 10.9. The van der Waals surface area contributed by atoms with Crippen LogP contribution in [0.15, 0.2) is 23.6 Å². The van der Waals surface area contributed by atoms with Crippen LogP contribution in [0.2, 0.25) is 0 Å². The summed E-state index contributed by atoms with van der Waals surface area (Å²) < 4.78 is 5.62. The molecule has 0 spiro atoms. The lowest BCUT2D eigenvalue weighted by atomic mass is 10.1. The van der Waals surface area contributed by atoms with Gasteiger partial charge in [0.15, 0.2) is 0 Å². The Morgan fingerprint density at radius 1 is 1.38 bits per heavy atom. The number of thiophene rings is 1. The summed E-state index contributed by atoms with van der Waals surface area (Å²) in [5.41, 5.74) is 2.50. The average molecular weight is 228 g/mol. The third-order valence-corrected chi connectivity index (χ3v) is 3.53. The smallest absolute Gasteiger partial charge is 0.146 e. The zero-order chi connectivity index (χ0) is 11.0. The summed E-state index contributed by atoms with van der Waals surface area (Å²) in [7, 11) is 0. The third-order valence-electron chi connectivity index (χ3n) is 2.56. The molecular formula is C12H8N2OS. The third kappa shape index (κ3) is 1.37. The summed E-state index contributed by atoms with van der Waals surface area (Å²) >= 11 is 1.65. The molecule has 0 bridgehead atoms. The van der Waals surface area contributed by atoms with Gasteiger partial charge in [-0.1, -0.05) is 0 Å². The van der Waals surface area contributed by atoms with Gasteiger partial charge < -0.3 is 4.74 Å². The molecule has 0 amide bonds. The van der Waals surface area contributed by atoms with E-state index in [0.29, 0.717) is 12.3 Å². The topological polar surface area (TPSA) is 45.9 Å². The average Bonchev–Trinajstić information content (AvgIpc) is 2.71.